The van der Waals surface area contributed by atoms with E-state index in [1.165, 1.54) is 12.1 Å². The van der Waals surface area contributed by atoms with Crippen molar-refractivity contribution in [2.45, 2.75) is 13.0 Å². The number of hydrogen-bond acceptors (Lipinski definition) is 3. The Balaban J connectivity index is 3.32. The zero-order valence-electron chi connectivity index (χ0n) is 7.99. The van der Waals surface area contributed by atoms with Crippen molar-refractivity contribution in [3.8, 4) is 11.8 Å². The Bertz CT molecular complexity index is 404. The van der Waals surface area contributed by atoms with Crippen LogP contribution in [0.5, 0.6) is 5.75 Å². The maximum Gasteiger partial charge on any atom is 0.121 e. The van der Waals surface area contributed by atoms with Gasteiger partial charge in [0.15, 0.2) is 0 Å². The lowest BCUT2D eigenvalue weighted by Gasteiger charge is -2.10. The number of phenolic OH excluding ortho intramolecular Hbond substituents is 1. The second-order valence-corrected chi connectivity index (χ2v) is 3.10. The molecule has 1 atom stereocenters. The molecule has 0 fully saturated rings. The number of rotatable bonds is 2. The van der Waals surface area contributed by atoms with Gasteiger partial charge in [-0.3, -0.25) is 0 Å². The van der Waals surface area contributed by atoms with E-state index >= 15 is 0 Å². The van der Waals surface area contributed by atoms with Crippen molar-refractivity contribution in [3.05, 3.63) is 41.5 Å². The van der Waals surface area contributed by atoms with Gasteiger partial charge in [-0.15, -0.1) is 6.58 Å². The first-order valence-corrected chi connectivity index (χ1v) is 4.22. The van der Waals surface area contributed by atoms with Crippen molar-refractivity contribution in [1.29, 1.82) is 5.26 Å². The lowest BCUT2D eigenvalue weighted by molar-refractivity contribution is 0.465. The van der Waals surface area contributed by atoms with Gasteiger partial charge in [0, 0.05) is 5.56 Å². The summed E-state index contributed by atoms with van der Waals surface area (Å²) in [5.41, 5.74) is 7.48. The Morgan fingerprint density at radius 2 is 2.29 bits per heavy atom. The molecule has 0 saturated heterocycles. The Morgan fingerprint density at radius 3 is 2.79 bits per heavy atom. The zero-order chi connectivity index (χ0) is 10.7. The predicted octanol–water partition coefficient (Wildman–Crippen LogP) is 1.76. The monoisotopic (exact) mass is 188 g/mol. The summed E-state index contributed by atoms with van der Waals surface area (Å²) in [6.07, 6.45) is 1.52. The summed E-state index contributed by atoms with van der Waals surface area (Å²) >= 11 is 0. The van der Waals surface area contributed by atoms with Crippen molar-refractivity contribution >= 4 is 0 Å². The molecule has 1 aromatic rings. The standard InChI is InChI=1S/C11H12N2O/c1-3-10(13)9-5-8(6-12)7(2)4-11(9)14/h3-5,10,14H,1,13H2,2H3. The molecule has 0 aromatic heterocycles. The molecule has 14 heavy (non-hydrogen) atoms. The maximum atomic E-state index is 9.58. The van der Waals surface area contributed by atoms with Gasteiger partial charge in [-0.1, -0.05) is 6.08 Å². The fourth-order valence-corrected chi connectivity index (χ4v) is 1.22. The van der Waals surface area contributed by atoms with Crippen LogP contribution in [-0.2, 0) is 0 Å². The normalized spacial score (nSPS) is 11.8. The van der Waals surface area contributed by atoms with Crippen LogP contribution < -0.4 is 5.73 Å². The molecule has 1 unspecified atom stereocenters. The second kappa shape index (κ2) is 3.95. The van der Waals surface area contributed by atoms with E-state index in [-0.39, 0.29) is 5.75 Å². The van der Waals surface area contributed by atoms with Gasteiger partial charge in [-0.05, 0) is 24.6 Å². The van der Waals surface area contributed by atoms with Crippen molar-refractivity contribution in [1.82, 2.24) is 0 Å². The number of nitriles is 1. The fraction of sp³-hybridized carbons (Fsp3) is 0.182. The lowest BCUT2D eigenvalue weighted by atomic mass is 10.00. The Kier molecular flexibility index (Phi) is 2.90. The van der Waals surface area contributed by atoms with Gasteiger partial charge in [0.2, 0.25) is 0 Å². The molecule has 72 valence electrons. The number of hydrogen-bond donors (Lipinski definition) is 2. The van der Waals surface area contributed by atoms with Gasteiger partial charge < -0.3 is 10.8 Å². The molecule has 3 heteroatoms. The summed E-state index contributed by atoms with van der Waals surface area (Å²) in [5, 5.41) is 18.4. The largest absolute Gasteiger partial charge is 0.508 e. The molecule has 0 aliphatic carbocycles. The van der Waals surface area contributed by atoms with Crippen LogP contribution in [0.4, 0.5) is 0 Å². The van der Waals surface area contributed by atoms with E-state index in [0.717, 1.165) is 5.56 Å². The molecule has 0 radical (unpaired) electrons. The first kappa shape index (κ1) is 10.3. The number of benzene rings is 1. The molecule has 3 nitrogen and oxygen atoms in total. The molecule has 3 N–H and O–H groups in total. The molecule has 1 aromatic carbocycles. The SMILES string of the molecule is C=CC(N)c1cc(C#N)c(C)cc1O. The molecular weight excluding hydrogens is 176 g/mol. The number of nitrogens with zero attached hydrogens (tertiary/aromatic N) is 1. The van der Waals surface area contributed by atoms with E-state index in [1.807, 2.05) is 6.07 Å². The molecule has 0 spiro atoms. The average Bonchev–Trinajstić information content (AvgIpc) is 2.17. The van der Waals surface area contributed by atoms with Crippen molar-refractivity contribution in [2.75, 3.05) is 0 Å². The lowest BCUT2D eigenvalue weighted by Crippen LogP contribution is -2.07. The van der Waals surface area contributed by atoms with Crippen molar-refractivity contribution in [2.24, 2.45) is 5.73 Å². The minimum atomic E-state index is -0.442. The number of aromatic hydroxyl groups is 1. The van der Waals surface area contributed by atoms with Crippen LogP contribution in [0.25, 0.3) is 0 Å². The zero-order valence-corrected chi connectivity index (χ0v) is 7.99. The molecule has 0 saturated carbocycles. The minimum absolute atomic E-state index is 0.105. The van der Waals surface area contributed by atoms with Gasteiger partial charge in [-0.2, -0.15) is 5.26 Å². The van der Waals surface area contributed by atoms with Crippen LogP contribution in [-0.4, -0.2) is 5.11 Å². The van der Waals surface area contributed by atoms with Gasteiger partial charge in [0.05, 0.1) is 17.7 Å². The Labute approximate surface area is 83.1 Å². The third kappa shape index (κ3) is 1.76. The first-order valence-electron chi connectivity index (χ1n) is 4.22. The van der Waals surface area contributed by atoms with Gasteiger partial charge in [0.25, 0.3) is 0 Å². The number of phenols is 1. The summed E-state index contributed by atoms with van der Waals surface area (Å²) in [6, 6.07) is 4.73. The van der Waals surface area contributed by atoms with E-state index in [4.69, 9.17) is 11.0 Å². The van der Waals surface area contributed by atoms with E-state index < -0.39 is 6.04 Å². The van der Waals surface area contributed by atoms with Crippen LogP contribution in [0.1, 0.15) is 22.7 Å². The first-order chi connectivity index (χ1) is 6.60. The number of aryl methyl sites for hydroxylation is 1. The summed E-state index contributed by atoms with van der Waals surface area (Å²) in [5.74, 6) is 0.105. The molecule has 0 amide bonds. The Hall–Kier alpha value is -1.79. The smallest absolute Gasteiger partial charge is 0.121 e. The maximum absolute atomic E-state index is 9.58. The minimum Gasteiger partial charge on any atom is -0.508 e. The molecule has 0 bridgehead atoms. The number of nitrogens with two attached hydrogens (primary N) is 1. The van der Waals surface area contributed by atoms with Crippen molar-refractivity contribution in [3.63, 3.8) is 0 Å². The molecule has 0 aliphatic heterocycles. The topological polar surface area (TPSA) is 70.0 Å². The van der Waals surface area contributed by atoms with Crippen LogP contribution in [0.3, 0.4) is 0 Å². The van der Waals surface area contributed by atoms with Gasteiger partial charge >= 0.3 is 0 Å². The summed E-state index contributed by atoms with van der Waals surface area (Å²) < 4.78 is 0. The molecule has 0 heterocycles. The summed E-state index contributed by atoms with van der Waals surface area (Å²) in [4.78, 5) is 0. The Morgan fingerprint density at radius 1 is 1.64 bits per heavy atom. The van der Waals surface area contributed by atoms with Gasteiger partial charge in [-0.25, -0.2) is 0 Å². The highest BCUT2D eigenvalue weighted by Gasteiger charge is 2.10. The predicted molar refractivity (Wildman–Crippen MR) is 54.7 cm³/mol. The van der Waals surface area contributed by atoms with E-state index in [9.17, 15) is 5.11 Å². The highest BCUT2D eigenvalue weighted by Crippen LogP contribution is 2.26. The summed E-state index contributed by atoms with van der Waals surface area (Å²) in [6.45, 7) is 5.30. The van der Waals surface area contributed by atoms with E-state index in [1.54, 1.807) is 13.0 Å². The average molecular weight is 188 g/mol. The highest BCUT2D eigenvalue weighted by atomic mass is 16.3. The third-order valence-corrected chi connectivity index (χ3v) is 2.11. The fourth-order valence-electron chi connectivity index (χ4n) is 1.22. The molecule has 0 aliphatic rings. The van der Waals surface area contributed by atoms with Crippen LogP contribution in [0.15, 0.2) is 24.8 Å². The van der Waals surface area contributed by atoms with Crippen LogP contribution >= 0.6 is 0 Å². The third-order valence-electron chi connectivity index (χ3n) is 2.11. The van der Waals surface area contributed by atoms with Crippen LogP contribution in [0, 0.1) is 18.3 Å². The van der Waals surface area contributed by atoms with Gasteiger partial charge in [0.1, 0.15) is 5.75 Å². The second-order valence-electron chi connectivity index (χ2n) is 3.10. The highest BCUT2D eigenvalue weighted by molar-refractivity contribution is 5.48. The summed E-state index contributed by atoms with van der Waals surface area (Å²) in [7, 11) is 0. The van der Waals surface area contributed by atoms with E-state index in [2.05, 4.69) is 6.58 Å². The van der Waals surface area contributed by atoms with Crippen molar-refractivity contribution < 1.29 is 5.11 Å². The van der Waals surface area contributed by atoms with E-state index in [0.29, 0.717) is 11.1 Å². The van der Waals surface area contributed by atoms with Crippen LogP contribution in [0.2, 0.25) is 0 Å². The molecule has 1 rings (SSSR count). The quantitative estimate of drug-likeness (QED) is 0.695. The molecular formula is C11H12N2O.